The van der Waals surface area contributed by atoms with Gasteiger partial charge in [-0.05, 0) is 27.2 Å². The van der Waals surface area contributed by atoms with Crippen molar-refractivity contribution in [2.75, 3.05) is 0 Å². The van der Waals surface area contributed by atoms with E-state index in [0.29, 0.717) is 0 Å². The van der Waals surface area contributed by atoms with E-state index in [0.717, 1.165) is 11.5 Å². The van der Waals surface area contributed by atoms with Crippen molar-refractivity contribution in [2.45, 2.75) is 46.2 Å². The Kier molecular flexibility index (Phi) is 9.75. The summed E-state index contributed by atoms with van der Waals surface area (Å²) in [6.45, 7) is 8.04. The fourth-order valence-corrected chi connectivity index (χ4v) is 1.64. The first-order valence-electron chi connectivity index (χ1n) is 4.21. The number of hydroxylamine groups is 2. The van der Waals surface area contributed by atoms with E-state index in [1.165, 1.54) is 0 Å². The van der Waals surface area contributed by atoms with Crippen LogP contribution in [0, 0.1) is 0 Å². The minimum atomic E-state index is -2.25. The van der Waals surface area contributed by atoms with Crippen LogP contribution >= 0.6 is 8.60 Å². The van der Waals surface area contributed by atoms with Crippen LogP contribution in [0.3, 0.4) is 0 Å². The maximum absolute atomic E-state index is 8.69. The summed E-state index contributed by atoms with van der Waals surface area (Å²) in [5.74, 6) is 0. The lowest BCUT2D eigenvalue weighted by molar-refractivity contribution is -1.10. The largest absolute Gasteiger partial charge is 1.00 e. The first kappa shape index (κ1) is 16.0. The zero-order valence-electron chi connectivity index (χ0n) is 8.49. The Bertz CT molecular complexity index is 126. The first-order valence-corrected chi connectivity index (χ1v) is 5.38. The summed E-state index contributed by atoms with van der Waals surface area (Å²) >= 11 is 0. The summed E-state index contributed by atoms with van der Waals surface area (Å²) < 4.78 is 4.96. The number of rotatable bonds is 5. The van der Waals surface area contributed by atoms with Gasteiger partial charge in [0, 0.05) is 0 Å². The van der Waals surface area contributed by atoms with Crippen molar-refractivity contribution in [3.8, 4) is 0 Å². The van der Waals surface area contributed by atoms with Gasteiger partial charge in [-0.15, -0.1) is 4.62 Å². The second-order valence-electron chi connectivity index (χ2n) is 3.21. The summed E-state index contributed by atoms with van der Waals surface area (Å²) in [5, 5.41) is 0.786. The molecule has 6 heteroatoms. The van der Waals surface area contributed by atoms with Crippen molar-refractivity contribution in [3.05, 3.63) is 0 Å². The molecule has 0 aromatic heterocycles. The molecule has 0 spiro atoms. The summed E-state index contributed by atoms with van der Waals surface area (Å²) in [4.78, 5) is 17.4. The summed E-state index contributed by atoms with van der Waals surface area (Å²) in [6, 6.07) is 0.526. The fourth-order valence-electron chi connectivity index (χ4n) is 1.06. The maximum atomic E-state index is 8.69. The molecule has 3 N–H and O–H groups in total. The van der Waals surface area contributed by atoms with Crippen LogP contribution in [0.2, 0.25) is 0 Å². The van der Waals surface area contributed by atoms with E-state index < -0.39 is 8.60 Å². The molecular weight excluding hydrogens is 213 g/mol. The van der Waals surface area contributed by atoms with Gasteiger partial charge in [-0.2, -0.15) is 5.06 Å². The van der Waals surface area contributed by atoms with Gasteiger partial charge in [0.25, 0.3) is 0 Å². The average molecular weight is 232 g/mol. The van der Waals surface area contributed by atoms with E-state index >= 15 is 0 Å². The molecule has 0 aromatic carbocycles. The molecule has 82 valence electrons. The van der Waals surface area contributed by atoms with Gasteiger partial charge in [0.2, 0.25) is 0 Å². The van der Waals surface area contributed by atoms with Crippen LogP contribution in [0.4, 0.5) is 0 Å². The van der Waals surface area contributed by atoms with Crippen LogP contribution in [-0.4, -0.2) is 21.9 Å². The normalized spacial score (nSPS) is 15.7. The molecule has 0 aliphatic rings. The second-order valence-corrected chi connectivity index (χ2v) is 3.90. The highest BCUT2D eigenvalue weighted by molar-refractivity contribution is 7.39. The van der Waals surface area contributed by atoms with E-state index in [-0.39, 0.29) is 24.5 Å². The highest BCUT2D eigenvalue weighted by atomic mass is 35.5. The van der Waals surface area contributed by atoms with Gasteiger partial charge in [-0.25, -0.2) is 0 Å². The Labute approximate surface area is 87.3 Å². The van der Waals surface area contributed by atoms with Crippen molar-refractivity contribution in [1.29, 1.82) is 0 Å². The Morgan fingerprint density at radius 2 is 1.77 bits per heavy atom. The minimum absolute atomic E-state index is 0. The SMILES string of the molecule is CCC(C)[NH+](OP(O)O)C(C)C.[Cl-]. The highest BCUT2D eigenvalue weighted by Crippen LogP contribution is 2.20. The van der Waals surface area contributed by atoms with Crippen LogP contribution in [0.5, 0.6) is 0 Å². The smallest absolute Gasteiger partial charge is 0.386 e. The first-order chi connectivity index (χ1) is 5.49. The molecule has 0 radical (unpaired) electrons. The predicted octanol–water partition coefficient (Wildman–Crippen LogP) is -2.77. The molecule has 0 saturated carbocycles. The molecule has 0 bridgehead atoms. The van der Waals surface area contributed by atoms with E-state index in [1.54, 1.807) is 0 Å². The molecule has 2 atom stereocenters. The van der Waals surface area contributed by atoms with Crippen molar-refractivity contribution in [3.63, 3.8) is 0 Å². The molecular formula is C7H19ClNO3P. The summed E-state index contributed by atoms with van der Waals surface area (Å²) in [6.07, 6.45) is 0.955. The van der Waals surface area contributed by atoms with Crippen LogP contribution < -0.4 is 17.5 Å². The molecule has 0 aliphatic heterocycles. The molecule has 4 nitrogen and oxygen atoms in total. The number of hydrogen-bond acceptors (Lipinski definition) is 3. The predicted molar refractivity (Wildman–Crippen MR) is 48.3 cm³/mol. The van der Waals surface area contributed by atoms with Crippen molar-refractivity contribution in [1.82, 2.24) is 0 Å². The number of quaternary nitrogens is 1. The molecule has 0 saturated heterocycles. The second kappa shape index (κ2) is 7.92. The lowest BCUT2D eigenvalue weighted by Crippen LogP contribution is -3.16. The Morgan fingerprint density at radius 1 is 1.31 bits per heavy atom. The lowest BCUT2D eigenvalue weighted by Gasteiger charge is -2.25. The molecule has 0 rings (SSSR count). The number of nitrogens with one attached hydrogen (secondary N) is 1. The van der Waals surface area contributed by atoms with E-state index in [2.05, 4.69) is 0 Å². The van der Waals surface area contributed by atoms with E-state index in [1.807, 2.05) is 27.7 Å². The number of hydrogen-bond donors (Lipinski definition) is 3. The Morgan fingerprint density at radius 3 is 2.00 bits per heavy atom. The van der Waals surface area contributed by atoms with Crippen LogP contribution in [0.15, 0.2) is 0 Å². The zero-order chi connectivity index (χ0) is 9.72. The van der Waals surface area contributed by atoms with Gasteiger partial charge in [-0.1, -0.05) is 6.92 Å². The highest BCUT2D eigenvalue weighted by Gasteiger charge is 2.24. The topological polar surface area (TPSA) is 54.1 Å². The van der Waals surface area contributed by atoms with Gasteiger partial charge >= 0.3 is 8.60 Å². The van der Waals surface area contributed by atoms with Crippen molar-refractivity contribution >= 4 is 8.60 Å². The Balaban J connectivity index is 0. The zero-order valence-corrected chi connectivity index (χ0v) is 10.1. The van der Waals surface area contributed by atoms with Gasteiger partial charge in [0.05, 0.1) is 0 Å². The van der Waals surface area contributed by atoms with Crippen LogP contribution in [-0.2, 0) is 4.62 Å². The van der Waals surface area contributed by atoms with Crippen molar-refractivity contribution < 1.29 is 31.9 Å². The molecule has 2 unspecified atom stereocenters. The minimum Gasteiger partial charge on any atom is -1.00 e. The average Bonchev–Trinajstić information content (AvgIpc) is 1.98. The van der Waals surface area contributed by atoms with Crippen molar-refractivity contribution in [2.24, 2.45) is 0 Å². The summed E-state index contributed by atoms with van der Waals surface area (Å²) in [7, 11) is -2.25. The third-order valence-electron chi connectivity index (χ3n) is 1.85. The van der Waals surface area contributed by atoms with Gasteiger partial charge in [0.15, 0.2) is 0 Å². The summed E-state index contributed by atoms with van der Waals surface area (Å²) in [5.41, 5.74) is 0. The third kappa shape index (κ3) is 6.61. The standard InChI is InChI=1S/C7H18NO3P.ClH/c1-5-7(4)8(6(2)3)11-12(9)10;/h6-7,9-10H,5H2,1-4H3;1H. The number of halogens is 1. The van der Waals surface area contributed by atoms with Gasteiger partial charge in [0.1, 0.15) is 12.1 Å². The molecule has 0 aliphatic carbocycles. The maximum Gasteiger partial charge on any atom is 0.386 e. The monoisotopic (exact) mass is 231 g/mol. The van der Waals surface area contributed by atoms with Gasteiger partial charge in [-0.3, -0.25) is 0 Å². The van der Waals surface area contributed by atoms with E-state index in [4.69, 9.17) is 14.4 Å². The Hall–Kier alpha value is 0.560. The molecule has 0 fully saturated rings. The fraction of sp³-hybridized carbons (Fsp3) is 1.00. The van der Waals surface area contributed by atoms with Crippen LogP contribution in [0.1, 0.15) is 34.1 Å². The molecule has 0 amide bonds. The third-order valence-corrected chi connectivity index (χ3v) is 2.23. The van der Waals surface area contributed by atoms with E-state index in [9.17, 15) is 0 Å². The quantitative estimate of drug-likeness (QED) is 0.355. The molecule has 0 heterocycles. The van der Waals surface area contributed by atoms with Gasteiger partial charge < -0.3 is 22.2 Å². The van der Waals surface area contributed by atoms with Crippen LogP contribution in [0.25, 0.3) is 0 Å². The molecule has 13 heavy (non-hydrogen) atoms. The lowest BCUT2D eigenvalue weighted by atomic mass is 10.2. The molecule has 0 aromatic rings.